The molecule has 1 amide bonds. The second-order valence-corrected chi connectivity index (χ2v) is 10.9. The Kier molecular flexibility index (Phi) is 7.59. The fourth-order valence-electron chi connectivity index (χ4n) is 2.44. The number of anilines is 2. The number of halogens is 2. The van der Waals surface area contributed by atoms with Crippen molar-refractivity contribution < 1.29 is 13.2 Å². The van der Waals surface area contributed by atoms with Crippen LogP contribution >= 0.6 is 46.3 Å². The normalized spacial score (nSPS) is 11.3. The molecule has 2 aromatic carbocycles. The summed E-state index contributed by atoms with van der Waals surface area (Å²) >= 11 is 15.1. The van der Waals surface area contributed by atoms with E-state index in [2.05, 4.69) is 15.5 Å². The molecular weight excluding hydrogens is 487 g/mol. The molecule has 1 heterocycles. The lowest BCUT2D eigenvalue weighted by molar-refractivity contribution is -0.114. The van der Waals surface area contributed by atoms with Crippen molar-refractivity contribution in [3.05, 3.63) is 58.6 Å². The molecule has 0 fully saturated rings. The third kappa shape index (κ3) is 5.25. The molecular formula is C18H16Cl2N4O3S3. The molecule has 0 spiro atoms. The summed E-state index contributed by atoms with van der Waals surface area (Å²) in [6, 6.07) is 12.4. The first-order valence-electron chi connectivity index (χ1n) is 8.61. The molecule has 0 saturated carbocycles. The van der Waals surface area contributed by atoms with E-state index in [9.17, 15) is 13.2 Å². The van der Waals surface area contributed by atoms with Crippen LogP contribution in [-0.2, 0) is 14.8 Å². The Labute approximate surface area is 192 Å². The number of aromatic nitrogens is 2. The highest BCUT2D eigenvalue weighted by atomic mass is 35.5. The Bertz CT molecular complexity index is 1140. The summed E-state index contributed by atoms with van der Waals surface area (Å²) in [4.78, 5) is 12.7. The van der Waals surface area contributed by atoms with Gasteiger partial charge in [-0.05, 0) is 30.0 Å². The molecule has 3 aromatic rings. The number of rotatable bonds is 8. The number of benzene rings is 2. The molecule has 0 saturated heterocycles. The van der Waals surface area contributed by atoms with Gasteiger partial charge < -0.3 is 0 Å². The second-order valence-electron chi connectivity index (χ2n) is 5.75. The third-order valence-electron chi connectivity index (χ3n) is 3.74. The molecule has 0 radical (unpaired) electrons. The Morgan fingerprint density at radius 1 is 1.13 bits per heavy atom. The van der Waals surface area contributed by atoms with Gasteiger partial charge in [-0.25, -0.2) is 8.42 Å². The van der Waals surface area contributed by atoms with Crippen LogP contribution in [0, 0.1) is 0 Å². The average Bonchev–Trinajstić information content (AvgIpc) is 3.16. The van der Waals surface area contributed by atoms with Gasteiger partial charge in [0.2, 0.25) is 11.0 Å². The highest BCUT2D eigenvalue weighted by molar-refractivity contribution is 8.01. The van der Waals surface area contributed by atoms with Crippen molar-refractivity contribution in [2.75, 3.05) is 21.9 Å². The maximum Gasteiger partial charge on any atom is 0.264 e. The van der Waals surface area contributed by atoms with Crippen molar-refractivity contribution in [3.8, 4) is 0 Å². The highest BCUT2D eigenvalue weighted by Crippen LogP contribution is 2.35. The Morgan fingerprint density at radius 2 is 1.87 bits per heavy atom. The van der Waals surface area contributed by atoms with Gasteiger partial charge in [-0.3, -0.25) is 14.4 Å². The number of carbonyl (C=O) groups is 1. The van der Waals surface area contributed by atoms with Crippen molar-refractivity contribution in [2.24, 2.45) is 0 Å². The van der Waals surface area contributed by atoms with Crippen LogP contribution in [0.5, 0.6) is 0 Å². The molecule has 3 rings (SSSR count). The average molecular weight is 503 g/mol. The zero-order valence-electron chi connectivity index (χ0n) is 15.6. The minimum Gasteiger partial charge on any atom is -0.299 e. The largest absolute Gasteiger partial charge is 0.299 e. The lowest BCUT2D eigenvalue weighted by atomic mass is 10.3. The minimum atomic E-state index is -4.09. The predicted octanol–water partition coefficient (Wildman–Crippen LogP) is 4.79. The topological polar surface area (TPSA) is 92.3 Å². The number of nitrogens with zero attached hydrogens (tertiary/aromatic N) is 3. The summed E-state index contributed by atoms with van der Waals surface area (Å²) in [6.45, 7) is 1.46. The zero-order chi connectivity index (χ0) is 21.7. The van der Waals surface area contributed by atoms with Gasteiger partial charge in [0.1, 0.15) is 6.54 Å². The Morgan fingerprint density at radius 3 is 2.57 bits per heavy atom. The van der Waals surface area contributed by atoms with E-state index in [0.29, 0.717) is 4.34 Å². The van der Waals surface area contributed by atoms with Crippen LogP contribution < -0.4 is 9.62 Å². The SMILES string of the molecule is CCSc1nnc(NC(=O)CN(c2cccc(Cl)c2Cl)S(=O)(=O)c2ccccc2)s1. The monoisotopic (exact) mass is 502 g/mol. The number of carbonyl (C=O) groups excluding carboxylic acids is 1. The number of sulfonamides is 1. The fourth-order valence-corrected chi connectivity index (χ4v) is 6.00. The van der Waals surface area contributed by atoms with Crippen molar-refractivity contribution in [1.29, 1.82) is 0 Å². The fraction of sp³-hybridized carbons (Fsp3) is 0.167. The van der Waals surface area contributed by atoms with E-state index >= 15 is 0 Å². The zero-order valence-corrected chi connectivity index (χ0v) is 19.5. The summed E-state index contributed by atoms with van der Waals surface area (Å²) in [7, 11) is -4.09. The lowest BCUT2D eigenvalue weighted by Gasteiger charge is -2.25. The van der Waals surface area contributed by atoms with Gasteiger partial charge in [0.25, 0.3) is 10.0 Å². The molecule has 1 aromatic heterocycles. The number of nitrogens with one attached hydrogen (secondary N) is 1. The molecule has 30 heavy (non-hydrogen) atoms. The molecule has 158 valence electrons. The van der Waals surface area contributed by atoms with Crippen molar-refractivity contribution >= 4 is 73.0 Å². The van der Waals surface area contributed by atoms with E-state index in [1.165, 1.54) is 47.4 Å². The van der Waals surface area contributed by atoms with E-state index in [0.717, 1.165) is 10.1 Å². The van der Waals surface area contributed by atoms with E-state index in [1.54, 1.807) is 24.3 Å². The van der Waals surface area contributed by atoms with Gasteiger partial charge >= 0.3 is 0 Å². The van der Waals surface area contributed by atoms with Crippen molar-refractivity contribution in [3.63, 3.8) is 0 Å². The summed E-state index contributed by atoms with van der Waals surface area (Å²) in [5.74, 6) is 0.230. The predicted molar refractivity (Wildman–Crippen MR) is 122 cm³/mol. The lowest BCUT2D eigenvalue weighted by Crippen LogP contribution is -2.38. The van der Waals surface area contributed by atoms with Gasteiger partial charge in [-0.2, -0.15) is 0 Å². The first kappa shape index (κ1) is 22.8. The van der Waals surface area contributed by atoms with Crippen LogP contribution in [0.1, 0.15) is 6.92 Å². The molecule has 1 N–H and O–H groups in total. The Hall–Kier alpha value is -1.85. The van der Waals surface area contributed by atoms with Crippen molar-refractivity contribution in [2.45, 2.75) is 16.2 Å². The van der Waals surface area contributed by atoms with E-state index in [1.807, 2.05) is 6.92 Å². The quantitative estimate of drug-likeness (QED) is 0.351. The summed E-state index contributed by atoms with van der Waals surface area (Å²) in [5, 5.41) is 10.9. The molecule has 12 heteroatoms. The third-order valence-corrected chi connectivity index (χ3v) is 8.18. The second kappa shape index (κ2) is 9.97. The number of hydrogen-bond acceptors (Lipinski definition) is 7. The summed E-state index contributed by atoms with van der Waals surface area (Å²) < 4.78 is 28.2. The first-order chi connectivity index (χ1) is 14.3. The molecule has 0 aliphatic rings. The summed E-state index contributed by atoms with van der Waals surface area (Å²) in [5.41, 5.74) is 0.0997. The van der Waals surface area contributed by atoms with Gasteiger partial charge in [0.15, 0.2) is 4.34 Å². The number of hydrogen-bond donors (Lipinski definition) is 1. The molecule has 0 aliphatic heterocycles. The minimum absolute atomic E-state index is 0.0198. The Balaban J connectivity index is 1.93. The molecule has 0 atom stereocenters. The van der Waals surface area contributed by atoms with Gasteiger partial charge in [-0.1, -0.05) is 77.5 Å². The maximum atomic E-state index is 13.3. The highest BCUT2D eigenvalue weighted by Gasteiger charge is 2.29. The van der Waals surface area contributed by atoms with Crippen LogP contribution in [0.2, 0.25) is 10.0 Å². The molecule has 7 nitrogen and oxygen atoms in total. The standard InChI is InChI=1S/C18H16Cl2N4O3S3/c1-2-28-18-23-22-17(29-18)21-15(25)11-24(14-10-6-9-13(19)16(14)20)30(26,27)12-7-4-3-5-8-12/h3-10H,2,11H2,1H3,(H,21,22,25). The van der Waals surface area contributed by atoms with Gasteiger partial charge in [0.05, 0.1) is 20.6 Å². The van der Waals surface area contributed by atoms with Crippen LogP contribution in [-0.4, -0.2) is 36.8 Å². The molecule has 0 bridgehead atoms. The number of amides is 1. The van der Waals surface area contributed by atoms with E-state index < -0.39 is 22.5 Å². The first-order valence-corrected chi connectivity index (χ1v) is 12.6. The van der Waals surface area contributed by atoms with Crippen LogP contribution in [0.4, 0.5) is 10.8 Å². The number of thioether (sulfide) groups is 1. The maximum absolute atomic E-state index is 13.3. The summed E-state index contributed by atoms with van der Waals surface area (Å²) in [6.07, 6.45) is 0. The van der Waals surface area contributed by atoms with Crippen LogP contribution in [0.15, 0.2) is 57.8 Å². The van der Waals surface area contributed by atoms with E-state index in [-0.39, 0.29) is 25.8 Å². The van der Waals surface area contributed by atoms with E-state index in [4.69, 9.17) is 23.2 Å². The molecule has 0 aliphatic carbocycles. The van der Waals surface area contributed by atoms with Crippen molar-refractivity contribution in [1.82, 2.24) is 10.2 Å². The van der Waals surface area contributed by atoms with Gasteiger partial charge in [-0.15, -0.1) is 10.2 Å². The molecule has 0 unspecified atom stereocenters. The van der Waals surface area contributed by atoms with Gasteiger partial charge in [0, 0.05) is 0 Å². The van der Waals surface area contributed by atoms with Crippen LogP contribution in [0.25, 0.3) is 0 Å². The van der Waals surface area contributed by atoms with Crippen LogP contribution in [0.3, 0.4) is 0 Å². The smallest absolute Gasteiger partial charge is 0.264 e.